The van der Waals surface area contributed by atoms with Gasteiger partial charge in [-0.3, -0.25) is 10.2 Å². The van der Waals surface area contributed by atoms with Gasteiger partial charge in [-0.1, -0.05) is 19.1 Å². The molecule has 0 radical (unpaired) electrons. The summed E-state index contributed by atoms with van der Waals surface area (Å²) in [6.45, 7) is 2.63. The predicted octanol–water partition coefficient (Wildman–Crippen LogP) is 1.40. The van der Waals surface area contributed by atoms with Crippen LogP contribution in [-0.2, 0) is 11.2 Å². The van der Waals surface area contributed by atoms with Gasteiger partial charge in [0.05, 0.1) is 6.61 Å². The topological polar surface area (TPSA) is 64.3 Å². The zero-order chi connectivity index (χ0) is 11.8. The van der Waals surface area contributed by atoms with Crippen LogP contribution in [0.3, 0.4) is 0 Å². The number of rotatable bonds is 6. The second-order valence-corrected chi connectivity index (χ2v) is 3.52. The van der Waals surface area contributed by atoms with Gasteiger partial charge in [-0.2, -0.15) is 0 Å². The van der Waals surface area contributed by atoms with E-state index in [1.165, 1.54) is 5.56 Å². The third-order valence-electron chi connectivity index (χ3n) is 2.28. The molecule has 0 heterocycles. The number of hydrogen-bond acceptors (Lipinski definition) is 3. The normalized spacial score (nSPS) is 9.88. The fraction of sp³-hybridized carbons (Fsp3) is 0.417. The maximum Gasteiger partial charge on any atom is 0.234 e. The lowest BCUT2D eigenvalue weighted by atomic mass is 10.2. The molecule has 0 saturated carbocycles. The van der Waals surface area contributed by atoms with Crippen molar-refractivity contribution in [3.8, 4) is 5.75 Å². The van der Waals surface area contributed by atoms with Gasteiger partial charge in [-0.05, 0) is 30.5 Å². The highest BCUT2D eigenvalue weighted by molar-refractivity contribution is 5.75. The number of carbonyl (C=O) groups is 1. The summed E-state index contributed by atoms with van der Waals surface area (Å²) >= 11 is 0. The Hall–Kier alpha value is -1.55. The molecule has 1 amide bonds. The van der Waals surface area contributed by atoms with Gasteiger partial charge in [0.15, 0.2) is 0 Å². The van der Waals surface area contributed by atoms with Gasteiger partial charge in [-0.25, -0.2) is 5.84 Å². The highest BCUT2D eigenvalue weighted by atomic mass is 16.5. The molecule has 88 valence electrons. The van der Waals surface area contributed by atoms with Crippen molar-refractivity contribution in [3.63, 3.8) is 0 Å². The van der Waals surface area contributed by atoms with Crippen molar-refractivity contribution in [2.45, 2.75) is 26.2 Å². The standard InChI is InChI=1S/C12H18N2O2/c1-2-10-5-3-6-11(9-10)16-8-4-7-12(15)14-13/h3,5-6,9H,2,4,7-8,13H2,1H3,(H,14,15). The minimum atomic E-state index is -0.161. The molecular weight excluding hydrogens is 204 g/mol. The second kappa shape index (κ2) is 6.85. The van der Waals surface area contributed by atoms with E-state index in [2.05, 4.69) is 18.4 Å². The molecule has 4 heteroatoms. The van der Waals surface area contributed by atoms with E-state index in [4.69, 9.17) is 10.6 Å². The van der Waals surface area contributed by atoms with Crippen molar-refractivity contribution in [2.24, 2.45) is 5.84 Å². The van der Waals surface area contributed by atoms with Crippen LogP contribution >= 0.6 is 0 Å². The van der Waals surface area contributed by atoms with Crippen molar-refractivity contribution in [1.82, 2.24) is 5.43 Å². The molecule has 0 fully saturated rings. The van der Waals surface area contributed by atoms with Crippen LogP contribution < -0.4 is 16.0 Å². The molecule has 1 rings (SSSR count). The van der Waals surface area contributed by atoms with Crippen LogP contribution in [0.1, 0.15) is 25.3 Å². The molecule has 1 aromatic rings. The van der Waals surface area contributed by atoms with E-state index in [1.807, 2.05) is 18.2 Å². The number of benzene rings is 1. The Balaban J connectivity index is 2.28. The van der Waals surface area contributed by atoms with Gasteiger partial charge in [0.2, 0.25) is 5.91 Å². The molecule has 0 aliphatic heterocycles. The van der Waals surface area contributed by atoms with E-state index in [0.29, 0.717) is 19.4 Å². The summed E-state index contributed by atoms with van der Waals surface area (Å²) in [6.07, 6.45) is 2.05. The molecule has 0 unspecified atom stereocenters. The summed E-state index contributed by atoms with van der Waals surface area (Å²) in [5, 5.41) is 0. The number of amides is 1. The van der Waals surface area contributed by atoms with Crippen molar-refractivity contribution >= 4 is 5.91 Å². The molecule has 0 aliphatic carbocycles. The van der Waals surface area contributed by atoms with Gasteiger partial charge < -0.3 is 4.74 Å². The summed E-state index contributed by atoms with van der Waals surface area (Å²) in [7, 11) is 0. The summed E-state index contributed by atoms with van der Waals surface area (Å²) in [6, 6.07) is 7.97. The molecule has 4 nitrogen and oxygen atoms in total. The number of nitrogens with one attached hydrogen (secondary N) is 1. The van der Waals surface area contributed by atoms with Gasteiger partial charge in [0, 0.05) is 6.42 Å². The van der Waals surface area contributed by atoms with Gasteiger partial charge in [0.25, 0.3) is 0 Å². The Morgan fingerprint density at radius 3 is 3.00 bits per heavy atom. The lowest BCUT2D eigenvalue weighted by molar-refractivity contribution is -0.121. The van der Waals surface area contributed by atoms with Gasteiger partial charge >= 0.3 is 0 Å². The van der Waals surface area contributed by atoms with Crippen LogP contribution in [0.25, 0.3) is 0 Å². The Bertz CT molecular complexity index is 340. The van der Waals surface area contributed by atoms with Crippen LogP contribution in [0.15, 0.2) is 24.3 Å². The highest BCUT2D eigenvalue weighted by Gasteiger charge is 1.99. The molecule has 0 bridgehead atoms. The largest absolute Gasteiger partial charge is 0.494 e. The second-order valence-electron chi connectivity index (χ2n) is 3.52. The predicted molar refractivity (Wildman–Crippen MR) is 62.9 cm³/mol. The quantitative estimate of drug-likeness (QED) is 0.331. The first-order valence-electron chi connectivity index (χ1n) is 5.47. The molecule has 0 saturated heterocycles. The number of nitrogens with two attached hydrogens (primary N) is 1. The Morgan fingerprint density at radius 2 is 2.31 bits per heavy atom. The van der Waals surface area contributed by atoms with Crippen LogP contribution in [0.2, 0.25) is 0 Å². The Labute approximate surface area is 95.8 Å². The molecule has 0 atom stereocenters. The van der Waals surface area contributed by atoms with Crippen LogP contribution in [-0.4, -0.2) is 12.5 Å². The summed E-state index contributed by atoms with van der Waals surface area (Å²) in [4.78, 5) is 10.8. The van der Waals surface area contributed by atoms with E-state index in [0.717, 1.165) is 12.2 Å². The number of hydrazine groups is 1. The third kappa shape index (κ3) is 4.31. The highest BCUT2D eigenvalue weighted by Crippen LogP contribution is 2.13. The molecule has 0 aliphatic rings. The summed E-state index contributed by atoms with van der Waals surface area (Å²) < 4.78 is 5.52. The fourth-order valence-corrected chi connectivity index (χ4v) is 1.35. The molecule has 3 N–H and O–H groups in total. The maximum atomic E-state index is 10.8. The monoisotopic (exact) mass is 222 g/mol. The smallest absolute Gasteiger partial charge is 0.234 e. The van der Waals surface area contributed by atoms with E-state index in [-0.39, 0.29) is 5.91 Å². The molecule has 0 spiro atoms. The first-order valence-corrected chi connectivity index (χ1v) is 5.47. The zero-order valence-electron chi connectivity index (χ0n) is 9.53. The summed E-state index contributed by atoms with van der Waals surface area (Å²) in [5.74, 6) is 5.66. The first-order chi connectivity index (χ1) is 7.76. The lowest BCUT2D eigenvalue weighted by Gasteiger charge is -2.06. The maximum absolute atomic E-state index is 10.8. The zero-order valence-corrected chi connectivity index (χ0v) is 9.53. The molecule has 0 aromatic heterocycles. The molecule has 1 aromatic carbocycles. The SMILES string of the molecule is CCc1cccc(OCCCC(=O)NN)c1. The van der Waals surface area contributed by atoms with E-state index in [1.54, 1.807) is 0 Å². The number of ether oxygens (including phenoxy) is 1. The van der Waals surface area contributed by atoms with E-state index >= 15 is 0 Å². The average molecular weight is 222 g/mol. The van der Waals surface area contributed by atoms with Crippen molar-refractivity contribution in [3.05, 3.63) is 29.8 Å². The fourth-order valence-electron chi connectivity index (χ4n) is 1.35. The van der Waals surface area contributed by atoms with Crippen LogP contribution in [0.4, 0.5) is 0 Å². The molecular formula is C12H18N2O2. The van der Waals surface area contributed by atoms with Crippen LogP contribution in [0.5, 0.6) is 5.75 Å². The Morgan fingerprint density at radius 1 is 1.50 bits per heavy atom. The number of hydrogen-bond donors (Lipinski definition) is 2. The molecule has 16 heavy (non-hydrogen) atoms. The van der Waals surface area contributed by atoms with Crippen LogP contribution in [0, 0.1) is 0 Å². The Kier molecular flexibility index (Phi) is 5.36. The van der Waals surface area contributed by atoms with Crippen molar-refractivity contribution in [1.29, 1.82) is 0 Å². The number of carbonyl (C=O) groups excluding carboxylic acids is 1. The van der Waals surface area contributed by atoms with E-state index < -0.39 is 0 Å². The summed E-state index contributed by atoms with van der Waals surface area (Å²) in [5.41, 5.74) is 3.33. The van der Waals surface area contributed by atoms with Gasteiger partial charge in [0.1, 0.15) is 5.75 Å². The van der Waals surface area contributed by atoms with Crippen molar-refractivity contribution in [2.75, 3.05) is 6.61 Å². The average Bonchev–Trinajstić information content (AvgIpc) is 2.34. The van der Waals surface area contributed by atoms with Crippen molar-refractivity contribution < 1.29 is 9.53 Å². The minimum absolute atomic E-state index is 0.161. The first kappa shape index (κ1) is 12.5. The third-order valence-corrected chi connectivity index (χ3v) is 2.28. The number of aryl methyl sites for hydroxylation is 1. The van der Waals surface area contributed by atoms with E-state index in [9.17, 15) is 4.79 Å². The lowest BCUT2D eigenvalue weighted by Crippen LogP contribution is -2.29. The minimum Gasteiger partial charge on any atom is -0.494 e. The van der Waals surface area contributed by atoms with Gasteiger partial charge in [-0.15, -0.1) is 0 Å².